The zero-order valence-corrected chi connectivity index (χ0v) is 16.1. The summed E-state index contributed by atoms with van der Waals surface area (Å²) in [6.07, 6.45) is 0.459. The first-order valence-electron chi connectivity index (χ1n) is 8.87. The van der Waals surface area contributed by atoms with E-state index in [1.807, 2.05) is 0 Å². The number of fused-ring (bicyclic) bond motifs is 1. The molecular weight excluding hydrogens is 382 g/mol. The molecule has 1 atom stereocenters. The van der Waals surface area contributed by atoms with Crippen LogP contribution in [0.1, 0.15) is 28.4 Å². The molecule has 1 aliphatic heterocycles. The molecule has 0 unspecified atom stereocenters. The number of Topliss-reactive ketones (excluding diaryl/α,β-unsaturated/α-hetero) is 1. The van der Waals surface area contributed by atoms with Crippen LogP contribution < -0.4 is 10.1 Å². The molecule has 6 nitrogen and oxygen atoms in total. The van der Waals surface area contributed by atoms with Gasteiger partial charge in [-0.1, -0.05) is 35.9 Å². The predicted octanol–water partition coefficient (Wildman–Crippen LogP) is 2.95. The molecule has 0 saturated heterocycles. The number of rotatable bonds is 6. The van der Waals surface area contributed by atoms with E-state index in [1.54, 1.807) is 42.5 Å². The third-order valence-electron chi connectivity index (χ3n) is 4.43. The number of carbonyl (C=O) groups excluding carboxylic acids is 3. The molecule has 0 radical (unpaired) electrons. The van der Waals surface area contributed by atoms with E-state index in [1.165, 1.54) is 6.92 Å². The first-order chi connectivity index (χ1) is 13.4. The summed E-state index contributed by atoms with van der Waals surface area (Å²) in [5.74, 6) is -0.646. The molecule has 7 heteroatoms. The number of amides is 1. The van der Waals surface area contributed by atoms with Gasteiger partial charge in [0.15, 0.2) is 12.4 Å². The Morgan fingerprint density at radius 2 is 1.93 bits per heavy atom. The lowest BCUT2D eigenvalue weighted by Crippen LogP contribution is -2.31. The van der Waals surface area contributed by atoms with Crippen molar-refractivity contribution in [3.8, 4) is 5.75 Å². The second-order valence-corrected chi connectivity index (χ2v) is 7.04. The molecule has 146 valence electrons. The molecule has 0 spiro atoms. The monoisotopic (exact) mass is 401 g/mol. The number of halogens is 1. The Morgan fingerprint density at radius 3 is 2.64 bits per heavy atom. The Morgan fingerprint density at radius 1 is 1.18 bits per heavy atom. The SMILES string of the molecule is CC(=O)NCc1ccc(C(=O)COC(=O)[C@H]2COc3ccc(Cl)cc3C2)cc1. The van der Waals surface area contributed by atoms with E-state index < -0.39 is 11.9 Å². The third kappa shape index (κ3) is 5.10. The van der Waals surface area contributed by atoms with Crippen LogP contribution in [0.4, 0.5) is 0 Å². The van der Waals surface area contributed by atoms with Crippen molar-refractivity contribution in [1.29, 1.82) is 0 Å². The van der Waals surface area contributed by atoms with Crippen molar-refractivity contribution in [1.82, 2.24) is 5.32 Å². The second kappa shape index (κ2) is 8.89. The smallest absolute Gasteiger partial charge is 0.313 e. The van der Waals surface area contributed by atoms with Crippen molar-refractivity contribution in [2.75, 3.05) is 13.2 Å². The summed E-state index contributed by atoms with van der Waals surface area (Å²) >= 11 is 5.98. The van der Waals surface area contributed by atoms with Crippen LogP contribution in [0.15, 0.2) is 42.5 Å². The van der Waals surface area contributed by atoms with Gasteiger partial charge in [0.25, 0.3) is 0 Å². The summed E-state index contributed by atoms with van der Waals surface area (Å²) in [6, 6.07) is 12.1. The molecule has 0 fully saturated rings. The average Bonchev–Trinajstić information content (AvgIpc) is 2.70. The molecule has 28 heavy (non-hydrogen) atoms. The quantitative estimate of drug-likeness (QED) is 0.594. The van der Waals surface area contributed by atoms with Gasteiger partial charge in [-0.3, -0.25) is 14.4 Å². The van der Waals surface area contributed by atoms with Crippen LogP contribution >= 0.6 is 11.6 Å². The predicted molar refractivity (Wildman–Crippen MR) is 103 cm³/mol. The van der Waals surface area contributed by atoms with Crippen LogP contribution in [0.2, 0.25) is 5.02 Å². The molecule has 1 aliphatic rings. The van der Waals surface area contributed by atoms with E-state index in [9.17, 15) is 14.4 Å². The van der Waals surface area contributed by atoms with E-state index >= 15 is 0 Å². The molecule has 0 bridgehead atoms. The maximum absolute atomic E-state index is 12.3. The van der Waals surface area contributed by atoms with Crippen molar-refractivity contribution in [2.45, 2.75) is 19.9 Å². The van der Waals surface area contributed by atoms with Gasteiger partial charge in [-0.05, 0) is 35.7 Å². The van der Waals surface area contributed by atoms with Gasteiger partial charge in [-0.15, -0.1) is 0 Å². The number of esters is 1. The fourth-order valence-electron chi connectivity index (χ4n) is 2.89. The number of nitrogens with one attached hydrogen (secondary N) is 1. The van der Waals surface area contributed by atoms with Gasteiger partial charge in [0, 0.05) is 24.1 Å². The maximum Gasteiger partial charge on any atom is 0.313 e. The summed E-state index contributed by atoms with van der Waals surface area (Å²) in [5.41, 5.74) is 2.17. The van der Waals surface area contributed by atoms with Crippen LogP contribution in [0.3, 0.4) is 0 Å². The lowest BCUT2D eigenvalue weighted by atomic mass is 9.97. The number of ketones is 1. The molecule has 2 aromatic carbocycles. The van der Waals surface area contributed by atoms with Gasteiger partial charge < -0.3 is 14.8 Å². The first-order valence-corrected chi connectivity index (χ1v) is 9.24. The van der Waals surface area contributed by atoms with Gasteiger partial charge >= 0.3 is 5.97 Å². The molecule has 2 aromatic rings. The van der Waals surface area contributed by atoms with Gasteiger partial charge in [0.2, 0.25) is 5.91 Å². The molecule has 3 rings (SSSR count). The Hall–Kier alpha value is -2.86. The van der Waals surface area contributed by atoms with E-state index in [-0.39, 0.29) is 24.9 Å². The average molecular weight is 402 g/mol. The minimum absolute atomic E-state index is 0.122. The molecule has 0 saturated carbocycles. The van der Waals surface area contributed by atoms with Gasteiger partial charge in [-0.25, -0.2) is 0 Å². The lowest BCUT2D eigenvalue weighted by Gasteiger charge is -2.24. The molecule has 1 N–H and O–H groups in total. The Labute approximate surface area is 167 Å². The van der Waals surface area contributed by atoms with Crippen LogP contribution in [0.25, 0.3) is 0 Å². The maximum atomic E-state index is 12.3. The van der Waals surface area contributed by atoms with Crippen molar-refractivity contribution in [2.24, 2.45) is 5.92 Å². The zero-order valence-electron chi connectivity index (χ0n) is 15.4. The van der Waals surface area contributed by atoms with E-state index in [2.05, 4.69) is 5.32 Å². The normalized spacial score (nSPS) is 15.1. The van der Waals surface area contributed by atoms with Crippen LogP contribution in [0, 0.1) is 5.92 Å². The highest BCUT2D eigenvalue weighted by atomic mass is 35.5. The highest BCUT2D eigenvalue weighted by Gasteiger charge is 2.28. The fraction of sp³-hybridized carbons (Fsp3) is 0.286. The van der Waals surface area contributed by atoms with E-state index in [0.717, 1.165) is 11.1 Å². The Bertz CT molecular complexity index is 894. The summed E-state index contributed by atoms with van der Waals surface area (Å²) in [6.45, 7) is 1.71. The summed E-state index contributed by atoms with van der Waals surface area (Å²) in [7, 11) is 0. The highest BCUT2D eigenvalue weighted by molar-refractivity contribution is 6.30. The number of benzene rings is 2. The van der Waals surface area contributed by atoms with Crippen LogP contribution in [0.5, 0.6) is 5.75 Å². The van der Waals surface area contributed by atoms with Crippen molar-refractivity contribution < 1.29 is 23.9 Å². The van der Waals surface area contributed by atoms with Crippen molar-refractivity contribution in [3.63, 3.8) is 0 Å². The molecular formula is C21H20ClNO5. The Kier molecular flexibility index (Phi) is 6.31. The molecule has 0 aromatic heterocycles. The van der Waals surface area contributed by atoms with E-state index in [4.69, 9.17) is 21.1 Å². The summed E-state index contributed by atoms with van der Waals surface area (Å²) in [4.78, 5) is 35.5. The standard InChI is InChI=1S/C21H20ClNO5/c1-13(24)23-10-14-2-4-15(5-3-14)19(25)12-28-21(26)17-8-16-9-18(22)6-7-20(16)27-11-17/h2-7,9,17H,8,10-12H2,1H3,(H,23,24)/t17-/m1/s1. The minimum Gasteiger partial charge on any atom is -0.492 e. The third-order valence-corrected chi connectivity index (χ3v) is 4.66. The lowest BCUT2D eigenvalue weighted by molar-refractivity contribution is -0.148. The Balaban J connectivity index is 1.51. The summed E-state index contributed by atoms with van der Waals surface area (Å²) in [5, 5.41) is 3.26. The second-order valence-electron chi connectivity index (χ2n) is 6.60. The topological polar surface area (TPSA) is 81.7 Å². The van der Waals surface area contributed by atoms with E-state index in [0.29, 0.717) is 29.3 Å². The number of hydrogen-bond acceptors (Lipinski definition) is 5. The molecule has 1 heterocycles. The van der Waals surface area contributed by atoms with Gasteiger partial charge in [-0.2, -0.15) is 0 Å². The van der Waals surface area contributed by atoms with Crippen molar-refractivity contribution in [3.05, 3.63) is 64.2 Å². The molecule has 0 aliphatic carbocycles. The number of hydrogen-bond donors (Lipinski definition) is 1. The van der Waals surface area contributed by atoms with Crippen molar-refractivity contribution >= 4 is 29.3 Å². The first kappa shape index (κ1) is 19.9. The molecule has 1 amide bonds. The van der Waals surface area contributed by atoms with Crippen LogP contribution in [-0.4, -0.2) is 30.9 Å². The van der Waals surface area contributed by atoms with Gasteiger partial charge in [0.1, 0.15) is 12.4 Å². The minimum atomic E-state index is -0.473. The summed E-state index contributed by atoms with van der Waals surface area (Å²) < 4.78 is 10.8. The largest absolute Gasteiger partial charge is 0.492 e. The zero-order chi connectivity index (χ0) is 20.1. The highest BCUT2D eigenvalue weighted by Crippen LogP contribution is 2.30. The van der Waals surface area contributed by atoms with Crippen LogP contribution in [-0.2, 0) is 27.3 Å². The fourth-order valence-corrected chi connectivity index (χ4v) is 3.08. The van der Waals surface area contributed by atoms with Gasteiger partial charge in [0.05, 0.1) is 5.92 Å². The number of ether oxygens (including phenoxy) is 2. The number of carbonyl (C=O) groups is 3.